The van der Waals surface area contributed by atoms with Crippen LogP contribution in [0, 0.1) is 0 Å². The van der Waals surface area contributed by atoms with Gasteiger partial charge < -0.3 is 9.15 Å². The number of para-hydroxylation sites is 1. The molecule has 3 aromatic carbocycles. The average molecular weight is 406 g/mol. The Balaban J connectivity index is 2.03. The van der Waals surface area contributed by atoms with Gasteiger partial charge in [0.25, 0.3) is 0 Å². The fourth-order valence-corrected chi connectivity index (χ4v) is 3.87. The van der Waals surface area contributed by atoms with Crippen LogP contribution in [-0.4, -0.2) is 21.8 Å². The minimum absolute atomic E-state index is 0.165. The Hall–Kier alpha value is -3.38. The molecule has 4 rings (SSSR count). The van der Waals surface area contributed by atoms with Crippen LogP contribution < -0.4 is 10.2 Å². The second-order valence-electron chi connectivity index (χ2n) is 6.66. The Morgan fingerprint density at radius 1 is 0.862 bits per heavy atom. The number of fused-ring (bicyclic) bond motifs is 1. The van der Waals surface area contributed by atoms with Gasteiger partial charge in [0.15, 0.2) is 9.84 Å². The van der Waals surface area contributed by atoms with Crippen molar-refractivity contribution in [2.75, 3.05) is 13.4 Å². The normalized spacial score (nSPS) is 11.5. The molecule has 0 amide bonds. The van der Waals surface area contributed by atoms with Crippen LogP contribution in [0.15, 0.2) is 86.9 Å². The summed E-state index contributed by atoms with van der Waals surface area (Å²) in [7, 11) is -1.76. The number of hydrogen-bond acceptors (Lipinski definition) is 5. The van der Waals surface area contributed by atoms with Gasteiger partial charge in [-0.3, -0.25) is 4.79 Å². The molecule has 4 aromatic rings. The molecule has 5 nitrogen and oxygen atoms in total. The molecule has 0 radical (unpaired) electrons. The summed E-state index contributed by atoms with van der Waals surface area (Å²) in [5, 5.41) is 0.474. The summed E-state index contributed by atoms with van der Waals surface area (Å²) >= 11 is 0. The summed E-state index contributed by atoms with van der Waals surface area (Å²) in [5.74, 6) is 0.996. The van der Waals surface area contributed by atoms with Crippen LogP contribution >= 0.6 is 0 Å². The van der Waals surface area contributed by atoms with Crippen LogP contribution in [0.3, 0.4) is 0 Å². The first-order chi connectivity index (χ1) is 13.9. The lowest BCUT2D eigenvalue weighted by Crippen LogP contribution is -2.07. The molecular weight excluding hydrogens is 388 g/mol. The molecule has 1 heterocycles. The van der Waals surface area contributed by atoms with Gasteiger partial charge in [-0.2, -0.15) is 0 Å². The van der Waals surface area contributed by atoms with Crippen LogP contribution in [0.4, 0.5) is 0 Å². The zero-order chi connectivity index (χ0) is 20.6. The monoisotopic (exact) mass is 406 g/mol. The maximum Gasteiger partial charge on any atom is 0.201 e. The largest absolute Gasteiger partial charge is 0.497 e. The summed E-state index contributed by atoms with van der Waals surface area (Å²) < 4.78 is 35.0. The molecular formula is C23H18O5S. The van der Waals surface area contributed by atoms with Gasteiger partial charge in [-0.25, -0.2) is 8.42 Å². The third-order valence-corrected chi connectivity index (χ3v) is 5.83. The minimum atomic E-state index is -3.32. The van der Waals surface area contributed by atoms with Gasteiger partial charge in [0.1, 0.15) is 17.1 Å². The van der Waals surface area contributed by atoms with Crippen LogP contribution in [0.2, 0.25) is 0 Å². The number of rotatable bonds is 4. The number of benzene rings is 3. The first-order valence-corrected chi connectivity index (χ1v) is 10.8. The predicted octanol–water partition coefficient (Wildman–Crippen LogP) is 4.54. The lowest BCUT2D eigenvalue weighted by molar-refractivity contribution is 0.415. The lowest BCUT2D eigenvalue weighted by Gasteiger charge is -2.12. The maximum absolute atomic E-state index is 13.4. The molecule has 146 valence electrons. The first kappa shape index (κ1) is 19.0. The second kappa shape index (κ2) is 7.22. The first-order valence-electron chi connectivity index (χ1n) is 8.89. The van der Waals surface area contributed by atoms with E-state index < -0.39 is 9.84 Å². The van der Waals surface area contributed by atoms with Crippen molar-refractivity contribution in [3.8, 4) is 28.2 Å². The zero-order valence-corrected chi connectivity index (χ0v) is 16.7. The maximum atomic E-state index is 13.4. The molecule has 0 saturated carbocycles. The second-order valence-corrected chi connectivity index (χ2v) is 8.68. The number of ether oxygens (including phenoxy) is 1. The van der Waals surface area contributed by atoms with Crippen molar-refractivity contribution in [3.05, 3.63) is 83.0 Å². The predicted molar refractivity (Wildman–Crippen MR) is 113 cm³/mol. The summed E-state index contributed by atoms with van der Waals surface area (Å²) in [4.78, 5) is 13.6. The van der Waals surface area contributed by atoms with Crippen LogP contribution in [0.5, 0.6) is 5.75 Å². The summed E-state index contributed by atoms with van der Waals surface area (Å²) in [5.41, 5.74) is 1.97. The Bertz CT molecular complexity index is 1370. The van der Waals surface area contributed by atoms with Crippen molar-refractivity contribution in [1.82, 2.24) is 0 Å². The van der Waals surface area contributed by atoms with Gasteiger partial charge in [0.2, 0.25) is 5.43 Å². The highest BCUT2D eigenvalue weighted by atomic mass is 32.2. The van der Waals surface area contributed by atoms with E-state index in [2.05, 4.69) is 0 Å². The topological polar surface area (TPSA) is 73.6 Å². The fraction of sp³-hybridized carbons (Fsp3) is 0.0870. The number of hydrogen-bond donors (Lipinski definition) is 0. The number of sulfone groups is 1. The van der Waals surface area contributed by atoms with Crippen molar-refractivity contribution < 1.29 is 17.6 Å². The molecule has 0 aliphatic carbocycles. The van der Waals surface area contributed by atoms with E-state index in [1.807, 2.05) is 6.07 Å². The molecule has 0 atom stereocenters. The SMILES string of the molecule is COc1cccc(-c2c(-c3ccc(S(C)(=O)=O)cc3)oc3ccccc3c2=O)c1. The van der Waals surface area contributed by atoms with E-state index >= 15 is 0 Å². The van der Waals surface area contributed by atoms with Gasteiger partial charge in [-0.15, -0.1) is 0 Å². The highest BCUT2D eigenvalue weighted by Gasteiger charge is 2.19. The highest BCUT2D eigenvalue weighted by molar-refractivity contribution is 7.90. The molecule has 0 unspecified atom stereocenters. The summed E-state index contributed by atoms with van der Waals surface area (Å²) in [6.07, 6.45) is 1.15. The zero-order valence-electron chi connectivity index (χ0n) is 15.9. The van der Waals surface area contributed by atoms with Gasteiger partial charge in [-0.05, 0) is 54.1 Å². The molecule has 0 spiro atoms. The number of methoxy groups -OCH3 is 1. The van der Waals surface area contributed by atoms with Crippen molar-refractivity contribution in [3.63, 3.8) is 0 Å². The smallest absolute Gasteiger partial charge is 0.201 e. The molecule has 1 aromatic heterocycles. The Morgan fingerprint density at radius 2 is 1.59 bits per heavy atom. The quantitative estimate of drug-likeness (QED) is 0.497. The lowest BCUT2D eigenvalue weighted by atomic mass is 9.98. The van der Waals surface area contributed by atoms with Crippen molar-refractivity contribution in [2.45, 2.75) is 4.90 Å². The van der Waals surface area contributed by atoms with Crippen molar-refractivity contribution in [2.24, 2.45) is 0 Å². The fourth-order valence-electron chi connectivity index (χ4n) is 3.24. The Labute approximate surface area is 168 Å². The summed E-state index contributed by atoms with van der Waals surface area (Å²) in [6.45, 7) is 0. The Kier molecular flexibility index (Phi) is 4.72. The molecule has 0 bridgehead atoms. The van der Waals surface area contributed by atoms with E-state index in [0.29, 0.717) is 39.2 Å². The third-order valence-electron chi connectivity index (χ3n) is 4.70. The molecule has 0 saturated heterocycles. The van der Waals surface area contributed by atoms with E-state index in [-0.39, 0.29) is 10.3 Å². The molecule has 29 heavy (non-hydrogen) atoms. The van der Waals surface area contributed by atoms with Gasteiger partial charge in [0.05, 0.1) is 23.0 Å². The summed E-state index contributed by atoms with van der Waals surface area (Å²) in [6, 6.07) is 20.5. The highest BCUT2D eigenvalue weighted by Crippen LogP contribution is 2.34. The van der Waals surface area contributed by atoms with Gasteiger partial charge in [-0.1, -0.05) is 24.3 Å². The van der Waals surface area contributed by atoms with E-state index in [4.69, 9.17) is 9.15 Å². The molecule has 0 fully saturated rings. The minimum Gasteiger partial charge on any atom is -0.497 e. The van der Waals surface area contributed by atoms with E-state index in [1.54, 1.807) is 61.7 Å². The third kappa shape index (κ3) is 3.54. The van der Waals surface area contributed by atoms with E-state index in [0.717, 1.165) is 6.26 Å². The van der Waals surface area contributed by atoms with Crippen molar-refractivity contribution in [1.29, 1.82) is 0 Å². The van der Waals surface area contributed by atoms with Crippen LogP contribution in [0.1, 0.15) is 0 Å². The molecule has 0 aliphatic heterocycles. The van der Waals surface area contributed by atoms with E-state index in [1.165, 1.54) is 12.1 Å². The van der Waals surface area contributed by atoms with Crippen molar-refractivity contribution >= 4 is 20.8 Å². The van der Waals surface area contributed by atoms with Crippen LogP contribution in [-0.2, 0) is 9.84 Å². The van der Waals surface area contributed by atoms with Gasteiger partial charge in [0, 0.05) is 11.8 Å². The van der Waals surface area contributed by atoms with Gasteiger partial charge >= 0.3 is 0 Å². The molecule has 0 aliphatic rings. The average Bonchev–Trinajstić information content (AvgIpc) is 2.73. The Morgan fingerprint density at radius 3 is 2.28 bits per heavy atom. The molecule has 0 N–H and O–H groups in total. The van der Waals surface area contributed by atoms with Crippen LogP contribution in [0.25, 0.3) is 33.4 Å². The standard InChI is InChI=1S/C23H18O5S/c1-27-17-7-5-6-16(14-17)21-22(24)19-8-3-4-9-20(19)28-23(21)15-10-12-18(13-11-15)29(2,25)26/h3-14H,1-2H3. The van der Waals surface area contributed by atoms with E-state index in [9.17, 15) is 13.2 Å². The molecule has 6 heteroatoms.